The zero-order chi connectivity index (χ0) is 12.5. The Bertz CT molecular complexity index is 554. The van der Waals surface area contributed by atoms with E-state index >= 15 is 0 Å². The van der Waals surface area contributed by atoms with Gasteiger partial charge < -0.3 is 9.84 Å². The van der Waals surface area contributed by atoms with Crippen molar-refractivity contribution in [3.05, 3.63) is 64.7 Å². The number of aliphatic hydroxyl groups excluding tert-OH is 1. The molecule has 0 aromatic heterocycles. The summed E-state index contributed by atoms with van der Waals surface area (Å²) in [5, 5.41) is 10.9. The van der Waals surface area contributed by atoms with E-state index in [0.29, 0.717) is 11.4 Å². The average molecular weight is 261 g/mol. The topological polar surface area (TPSA) is 29.5 Å². The Labute approximate surface area is 111 Å². The lowest BCUT2D eigenvalue weighted by molar-refractivity contribution is 0.0208. The minimum atomic E-state index is -0.543. The van der Waals surface area contributed by atoms with Crippen LogP contribution in [-0.4, -0.2) is 11.2 Å². The Morgan fingerprint density at radius 1 is 1.11 bits per heavy atom. The first-order valence-corrected chi connectivity index (χ1v) is 6.30. The molecule has 1 heterocycles. The standard InChI is InChI=1S/C15H13ClO2/c16-12-6-7-14-11(8-12)9-13(17)15(18-14)10-4-2-1-3-5-10/h1-8,13,15,17H,9H2/t13-,15+/m1/s1. The minimum Gasteiger partial charge on any atom is -0.483 e. The predicted octanol–water partition coefficient (Wildman–Crippen LogP) is 3.38. The van der Waals surface area contributed by atoms with Crippen LogP contribution in [0.15, 0.2) is 48.5 Å². The lowest BCUT2D eigenvalue weighted by atomic mass is 9.95. The van der Waals surface area contributed by atoms with Crippen molar-refractivity contribution in [2.24, 2.45) is 0 Å². The summed E-state index contributed by atoms with van der Waals surface area (Å²) >= 11 is 5.94. The SMILES string of the molecule is O[C@@H]1Cc2cc(Cl)ccc2O[C@H]1c1ccccc1. The molecule has 0 aliphatic carbocycles. The van der Waals surface area contributed by atoms with Crippen LogP contribution in [0.1, 0.15) is 17.2 Å². The Balaban J connectivity index is 1.95. The zero-order valence-electron chi connectivity index (χ0n) is 9.71. The van der Waals surface area contributed by atoms with Crippen LogP contribution in [-0.2, 0) is 6.42 Å². The molecule has 2 atom stereocenters. The van der Waals surface area contributed by atoms with E-state index in [0.717, 1.165) is 16.9 Å². The Morgan fingerprint density at radius 2 is 1.89 bits per heavy atom. The number of rotatable bonds is 1. The summed E-state index contributed by atoms with van der Waals surface area (Å²) in [6.45, 7) is 0. The lowest BCUT2D eigenvalue weighted by Crippen LogP contribution is -2.30. The van der Waals surface area contributed by atoms with Gasteiger partial charge in [0, 0.05) is 11.4 Å². The summed E-state index contributed by atoms with van der Waals surface area (Å²) < 4.78 is 5.88. The van der Waals surface area contributed by atoms with E-state index in [4.69, 9.17) is 16.3 Å². The normalized spacial score (nSPS) is 22.1. The summed E-state index contributed by atoms with van der Waals surface area (Å²) in [4.78, 5) is 0. The van der Waals surface area contributed by atoms with Crippen LogP contribution in [0.2, 0.25) is 5.02 Å². The maximum absolute atomic E-state index is 10.2. The highest BCUT2D eigenvalue weighted by atomic mass is 35.5. The van der Waals surface area contributed by atoms with Crippen LogP contribution in [0.3, 0.4) is 0 Å². The second kappa shape index (κ2) is 4.63. The molecule has 0 unspecified atom stereocenters. The molecule has 0 saturated heterocycles. The second-order valence-electron chi connectivity index (χ2n) is 4.47. The van der Waals surface area contributed by atoms with Crippen molar-refractivity contribution in [1.82, 2.24) is 0 Å². The van der Waals surface area contributed by atoms with E-state index in [9.17, 15) is 5.11 Å². The van der Waals surface area contributed by atoms with Crippen LogP contribution >= 0.6 is 11.6 Å². The van der Waals surface area contributed by atoms with E-state index in [1.165, 1.54) is 0 Å². The molecule has 92 valence electrons. The molecule has 2 aromatic rings. The Hall–Kier alpha value is -1.51. The monoisotopic (exact) mass is 260 g/mol. The van der Waals surface area contributed by atoms with Crippen LogP contribution in [0.4, 0.5) is 0 Å². The van der Waals surface area contributed by atoms with Crippen molar-refractivity contribution in [2.75, 3.05) is 0 Å². The molecule has 18 heavy (non-hydrogen) atoms. The molecule has 0 radical (unpaired) electrons. The molecule has 2 nitrogen and oxygen atoms in total. The quantitative estimate of drug-likeness (QED) is 0.852. The maximum Gasteiger partial charge on any atom is 0.150 e. The average Bonchev–Trinajstić information content (AvgIpc) is 2.39. The fraction of sp³-hybridized carbons (Fsp3) is 0.200. The molecule has 0 saturated carbocycles. The van der Waals surface area contributed by atoms with E-state index in [2.05, 4.69) is 0 Å². The van der Waals surface area contributed by atoms with Gasteiger partial charge in [-0.25, -0.2) is 0 Å². The van der Waals surface area contributed by atoms with E-state index in [1.54, 1.807) is 6.07 Å². The number of fused-ring (bicyclic) bond motifs is 1. The van der Waals surface area contributed by atoms with Crippen LogP contribution < -0.4 is 4.74 Å². The van der Waals surface area contributed by atoms with Gasteiger partial charge in [0.15, 0.2) is 0 Å². The van der Waals surface area contributed by atoms with Crippen molar-refractivity contribution in [3.63, 3.8) is 0 Å². The van der Waals surface area contributed by atoms with Gasteiger partial charge in [-0.3, -0.25) is 0 Å². The summed E-state index contributed by atoms with van der Waals surface area (Å²) in [5.74, 6) is 0.804. The molecule has 3 heteroatoms. The van der Waals surface area contributed by atoms with Crippen LogP contribution in [0.5, 0.6) is 5.75 Å². The molecule has 2 aromatic carbocycles. The summed E-state index contributed by atoms with van der Waals surface area (Å²) in [6, 6.07) is 15.3. The fourth-order valence-corrected chi connectivity index (χ4v) is 2.50. The van der Waals surface area contributed by atoms with Gasteiger partial charge in [-0.1, -0.05) is 41.9 Å². The van der Waals surface area contributed by atoms with Crippen molar-refractivity contribution in [2.45, 2.75) is 18.6 Å². The highest BCUT2D eigenvalue weighted by molar-refractivity contribution is 6.30. The molecule has 0 amide bonds. The third kappa shape index (κ3) is 2.09. The van der Waals surface area contributed by atoms with Crippen LogP contribution in [0, 0.1) is 0 Å². The van der Waals surface area contributed by atoms with Gasteiger partial charge in [0.25, 0.3) is 0 Å². The van der Waals surface area contributed by atoms with Crippen molar-refractivity contribution >= 4 is 11.6 Å². The van der Waals surface area contributed by atoms with Gasteiger partial charge in [-0.05, 0) is 29.3 Å². The maximum atomic E-state index is 10.2. The molecular formula is C15H13ClO2. The van der Waals surface area contributed by atoms with Gasteiger partial charge in [0.05, 0.1) is 6.10 Å². The van der Waals surface area contributed by atoms with Gasteiger partial charge in [-0.2, -0.15) is 0 Å². The van der Waals surface area contributed by atoms with Gasteiger partial charge in [0.1, 0.15) is 11.9 Å². The van der Waals surface area contributed by atoms with E-state index < -0.39 is 6.10 Å². The third-order valence-corrected chi connectivity index (χ3v) is 3.42. The van der Waals surface area contributed by atoms with Gasteiger partial charge in [0.2, 0.25) is 0 Å². The number of hydrogen-bond donors (Lipinski definition) is 1. The number of aliphatic hydroxyl groups is 1. The summed E-state index contributed by atoms with van der Waals surface area (Å²) in [6.07, 6.45) is -0.284. The van der Waals surface area contributed by atoms with Crippen molar-refractivity contribution in [1.29, 1.82) is 0 Å². The first-order valence-electron chi connectivity index (χ1n) is 5.92. The first-order chi connectivity index (χ1) is 8.74. The second-order valence-corrected chi connectivity index (χ2v) is 4.91. The molecule has 1 aliphatic heterocycles. The minimum absolute atomic E-state index is 0.306. The summed E-state index contributed by atoms with van der Waals surface area (Å²) in [7, 11) is 0. The number of ether oxygens (including phenoxy) is 1. The van der Waals surface area contributed by atoms with E-state index in [-0.39, 0.29) is 6.10 Å². The number of halogens is 1. The Kier molecular flexibility index (Phi) is 2.98. The van der Waals surface area contributed by atoms with Crippen molar-refractivity contribution < 1.29 is 9.84 Å². The predicted molar refractivity (Wildman–Crippen MR) is 71.0 cm³/mol. The largest absolute Gasteiger partial charge is 0.483 e. The smallest absolute Gasteiger partial charge is 0.150 e. The lowest BCUT2D eigenvalue weighted by Gasteiger charge is -2.31. The van der Waals surface area contributed by atoms with Crippen molar-refractivity contribution in [3.8, 4) is 5.75 Å². The van der Waals surface area contributed by atoms with Crippen LogP contribution in [0.25, 0.3) is 0 Å². The van der Waals surface area contributed by atoms with E-state index in [1.807, 2.05) is 42.5 Å². The van der Waals surface area contributed by atoms with Gasteiger partial charge in [-0.15, -0.1) is 0 Å². The van der Waals surface area contributed by atoms with Gasteiger partial charge >= 0.3 is 0 Å². The highest BCUT2D eigenvalue weighted by Gasteiger charge is 2.29. The Morgan fingerprint density at radius 3 is 2.67 bits per heavy atom. The molecule has 1 aliphatic rings. The molecule has 1 N–H and O–H groups in total. The summed E-state index contributed by atoms with van der Waals surface area (Å²) in [5.41, 5.74) is 1.95. The molecule has 0 bridgehead atoms. The number of benzene rings is 2. The molecule has 0 fully saturated rings. The third-order valence-electron chi connectivity index (χ3n) is 3.18. The molecule has 0 spiro atoms. The number of hydrogen-bond acceptors (Lipinski definition) is 2. The fourth-order valence-electron chi connectivity index (χ4n) is 2.30. The molecular weight excluding hydrogens is 248 g/mol. The molecule has 3 rings (SSSR count). The highest BCUT2D eigenvalue weighted by Crippen LogP contribution is 2.36. The first kappa shape index (κ1) is 11.6. The zero-order valence-corrected chi connectivity index (χ0v) is 10.5.